The molecule has 3 N–H and O–H groups in total. The molecule has 8 nitrogen and oxygen atoms in total. The highest BCUT2D eigenvalue weighted by Gasteiger charge is 2.13. The van der Waals surface area contributed by atoms with Crippen molar-refractivity contribution >= 4 is 29.3 Å². The molecule has 0 aliphatic heterocycles. The molecule has 0 bridgehead atoms. The highest BCUT2D eigenvalue weighted by molar-refractivity contribution is 6.01. The molecule has 0 radical (unpaired) electrons. The van der Waals surface area contributed by atoms with E-state index in [-0.39, 0.29) is 12.3 Å². The molecule has 3 amide bonds. The first kappa shape index (κ1) is 20.8. The van der Waals surface area contributed by atoms with Crippen molar-refractivity contribution < 1.29 is 24.2 Å². The van der Waals surface area contributed by atoms with E-state index in [1.165, 1.54) is 12.0 Å². The quantitative estimate of drug-likeness (QED) is 0.679. The van der Waals surface area contributed by atoms with E-state index in [9.17, 15) is 14.4 Å². The predicted octanol–water partition coefficient (Wildman–Crippen LogP) is 3.06. The summed E-state index contributed by atoms with van der Waals surface area (Å²) in [6, 6.07) is 11.2. The molecule has 0 atom stereocenters. The van der Waals surface area contributed by atoms with Gasteiger partial charge in [0.15, 0.2) is 0 Å². The fourth-order valence-electron chi connectivity index (χ4n) is 2.53. The summed E-state index contributed by atoms with van der Waals surface area (Å²) in [5, 5.41) is 14.1. The van der Waals surface area contributed by atoms with Crippen molar-refractivity contribution in [2.24, 2.45) is 0 Å². The third kappa shape index (κ3) is 5.73. The van der Waals surface area contributed by atoms with Crippen LogP contribution in [0.4, 0.5) is 16.2 Å². The van der Waals surface area contributed by atoms with E-state index in [4.69, 9.17) is 9.84 Å². The Labute approximate surface area is 163 Å². The third-order valence-corrected chi connectivity index (χ3v) is 3.92. The average Bonchev–Trinajstić information content (AvgIpc) is 2.66. The van der Waals surface area contributed by atoms with E-state index in [1.807, 2.05) is 0 Å². The van der Waals surface area contributed by atoms with Gasteiger partial charge < -0.3 is 25.4 Å². The maximum absolute atomic E-state index is 12.3. The lowest BCUT2D eigenvalue weighted by Gasteiger charge is -2.15. The van der Waals surface area contributed by atoms with Crippen LogP contribution >= 0.6 is 0 Å². The Morgan fingerprint density at radius 2 is 1.82 bits per heavy atom. The number of rotatable bonds is 7. The molecule has 2 aromatic carbocycles. The molecule has 0 fully saturated rings. The number of nitrogens with one attached hydrogen (secondary N) is 2. The predicted molar refractivity (Wildman–Crippen MR) is 106 cm³/mol. The number of urea groups is 1. The number of amides is 3. The Balaban J connectivity index is 2.07. The van der Waals surface area contributed by atoms with E-state index >= 15 is 0 Å². The number of hydrogen-bond donors (Lipinski definition) is 3. The zero-order valence-corrected chi connectivity index (χ0v) is 16.0. The fourth-order valence-corrected chi connectivity index (χ4v) is 2.53. The minimum absolute atomic E-state index is 0.0187. The van der Waals surface area contributed by atoms with Crippen LogP contribution in [-0.2, 0) is 11.2 Å². The smallest absolute Gasteiger partial charge is 0.323 e. The van der Waals surface area contributed by atoms with Gasteiger partial charge in [0.05, 0.1) is 12.8 Å². The number of methoxy groups -OCH3 is 1. The van der Waals surface area contributed by atoms with Gasteiger partial charge in [-0.05, 0) is 42.3 Å². The van der Waals surface area contributed by atoms with Crippen LogP contribution < -0.4 is 15.4 Å². The first-order chi connectivity index (χ1) is 13.3. The van der Waals surface area contributed by atoms with Crippen molar-refractivity contribution in [3.05, 3.63) is 53.6 Å². The molecule has 148 valence electrons. The van der Waals surface area contributed by atoms with Gasteiger partial charge >= 0.3 is 12.0 Å². The van der Waals surface area contributed by atoms with Gasteiger partial charge in [-0.3, -0.25) is 9.59 Å². The van der Waals surface area contributed by atoms with Gasteiger partial charge in [-0.15, -0.1) is 0 Å². The van der Waals surface area contributed by atoms with Gasteiger partial charge in [0, 0.05) is 31.8 Å². The van der Waals surface area contributed by atoms with Crippen LogP contribution in [0, 0.1) is 0 Å². The zero-order valence-electron chi connectivity index (χ0n) is 16.0. The van der Waals surface area contributed by atoms with Gasteiger partial charge in [-0.2, -0.15) is 0 Å². The number of aryl methyl sites for hydroxylation is 1. The summed E-state index contributed by atoms with van der Waals surface area (Å²) in [5.74, 6) is -0.690. The number of carbonyl (C=O) groups excluding carboxylic acids is 2. The van der Waals surface area contributed by atoms with Crippen molar-refractivity contribution in [3.8, 4) is 5.75 Å². The first-order valence-electron chi connectivity index (χ1n) is 8.58. The van der Waals surface area contributed by atoms with E-state index in [2.05, 4.69) is 10.6 Å². The standard InChI is InChI=1S/C20H23N3O5/c1-23(2)19(26)14-8-9-16(17(12-14)28-3)22-20(27)21-15-6-4-5-13(11-15)7-10-18(24)25/h4-6,8-9,11-12H,7,10H2,1-3H3,(H,24,25)(H2,21,22,27). The SMILES string of the molecule is COc1cc(C(=O)N(C)C)ccc1NC(=O)Nc1cccc(CCC(=O)O)c1. The highest BCUT2D eigenvalue weighted by atomic mass is 16.5. The number of carbonyl (C=O) groups is 3. The molecule has 0 saturated carbocycles. The summed E-state index contributed by atoms with van der Waals surface area (Å²) in [6.07, 6.45) is 0.395. The lowest BCUT2D eigenvalue weighted by molar-refractivity contribution is -0.136. The molecule has 0 saturated heterocycles. The van der Waals surface area contributed by atoms with Crippen molar-refractivity contribution in [1.82, 2.24) is 4.90 Å². The minimum atomic E-state index is -0.876. The summed E-state index contributed by atoms with van der Waals surface area (Å²) >= 11 is 0. The first-order valence-corrected chi connectivity index (χ1v) is 8.58. The summed E-state index contributed by atoms with van der Waals surface area (Å²) in [7, 11) is 4.76. The number of carboxylic acid groups (broad SMARTS) is 1. The van der Waals surface area contributed by atoms with E-state index in [1.54, 1.807) is 56.6 Å². The number of hydrogen-bond acceptors (Lipinski definition) is 4. The maximum Gasteiger partial charge on any atom is 0.323 e. The van der Waals surface area contributed by atoms with E-state index < -0.39 is 12.0 Å². The monoisotopic (exact) mass is 385 g/mol. The second-order valence-corrected chi connectivity index (χ2v) is 6.29. The van der Waals surface area contributed by atoms with Crippen LogP contribution in [0.15, 0.2) is 42.5 Å². The van der Waals surface area contributed by atoms with Crippen molar-refractivity contribution in [2.45, 2.75) is 12.8 Å². The van der Waals surface area contributed by atoms with Crippen LogP contribution in [0.2, 0.25) is 0 Å². The topological polar surface area (TPSA) is 108 Å². The molecule has 2 aromatic rings. The Bertz CT molecular complexity index is 880. The normalized spacial score (nSPS) is 10.1. The Morgan fingerprint density at radius 1 is 1.07 bits per heavy atom. The molecule has 0 aliphatic carbocycles. The van der Waals surface area contributed by atoms with Crippen LogP contribution in [0.25, 0.3) is 0 Å². The third-order valence-electron chi connectivity index (χ3n) is 3.92. The summed E-state index contributed by atoms with van der Waals surface area (Å²) in [5.41, 5.74) is 2.21. The molecule has 0 aliphatic rings. The fraction of sp³-hybridized carbons (Fsp3) is 0.250. The van der Waals surface area contributed by atoms with Gasteiger partial charge in [0.1, 0.15) is 5.75 Å². The van der Waals surface area contributed by atoms with Crippen molar-refractivity contribution in [1.29, 1.82) is 0 Å². The number of aliphatic carboxylic acids is 1. The van der Waals surface area contributed by atoms with Gasteiger partial charge in [-0.25, -0.2) is 4.79 Å². The van der Waals surface area contributed by atoms with Gasteiger partial charge in [-0.1, -0.05) is 12.1 Å². The zero-order chi connectivity index (χ0) is 20.7. The molecular weight excluding hydrogens is 362 g/mol. The van der Waals surface area contributed by atoms with Crippen LogP contribution in [0.1, 0.15) is 22.3 Å². The number of nitrogens with zero attached hydrogens (tertiary/aromatic N) is 1. The number of benzene rings is 2. The highest BCUT2D eigenvalue weighted by Crippen LogP contribution is 2.26. The molecule has 28 heavy (non-hydrogen) atoms. The second kappa shape index (κ2) is 9.40. The molecule has 0 spiro atoms. The largest absolute Gasteiger partial charge is 0.495 e. The Kier molecular flexibility index (Phi) is 6.97. The minimum Gasteiger partial charge on any atom is -0.495 e. The van der Waals surface area contributed by atoms with Gasteiger partial charge in [0.2, 0.25) is 0 Å². The summed E-state index contributed by atoms with van der Waals surface area (Å²) < 4.78 is 5.27. The summed E-state index contributed by atoms with van der Waals surface area (Å²) in [4.78, 5) is 36.5. The molecule has 8 heteroatoms. The second-order valence-electron chi connectivity index (χ2n) is 6.29. The molecule has 2 rings (SSSR count). The number of ether oxygens (including phenoxy) is 1. The van der Waals surface area contributed by atoms with Crippen molar-refractivity contribution in [3.63, 3.8) is 0 Å². The Hall–Kier alpha value is -3.55. The van der Waals surface area contributed by atoms with Crippen molar-refractivity contribution in [2.75, 3.05) is 31.8 Å². The van der Waals surface area contributed by atoms with Crippen LogP contribution in [0.5, 0.6) is 5.75 Å². The molecule has 0 unspecified atom stereocenters. The summed E-state index contributed by atoms with van der Waals surface area (Å²) in [6.45, 7) is 0. The molecular formula is C20H23N3O5. The number of carboxylic acids is 1. The molecule has 0 aromatic heterocycles. The van der Waals surface area contributed by atoms with E-state index in [0.29, 0.717) is 29.1 Å². The Morgan fingerprint density at radius 3 is 2.46 bits per heavy atom. The van der Waals surface area contributed by atoms with Gasteiger partial charge in [0.25, 0.3) is 5.91 Å². The van der Waals surface area contributed by atoms with E-state index in [0.717, 1.165) is 5.56 Å². The lowest BCUT2D eigenvalue weighted by atomic mass is 10.1. The van der Waals surface area contributed by atoms with Crippen LogP contribution in [-0.4, -0.2) is 49.1 Å². The molecule has 0 heterocycles. The maximum atomic E-state index is 12.3. The lowest BCUT2D eigenvalue weighted by Crippen LogP contribution is -2.22. The average molecular weight is 385 g/mol. The number of anilines is 2. The van der Waals surface area contributed by atoms with Crippen LogP contribution in [0.3, 0.4) is 0 Å².